The molecule has 2 rings (SSSR count). The Hall–Kier alpha value is -1.24. The molecule has 0 radical (unpaired) electrons. The highest BCUT2D eigenvalue weighted by molar-refractivity contribution is 7.21. The van der Waals surface area contributed by atoms with Crippen LogP contribution < -0.4 is 5.32 Å². The highest BCUT2D eigenvalue weighted by Crippen LogP contribution is 2.46. The third-order valence-electron chi connectivity index (χ3n) is 2.50. The van der Waals surface area contributed by atoms with Crippen molar-refractivity contribution in [2.75, 3.05) is 5.32 Å². The Bertz CT molecular complexity index is 675. The smallest absolute Gasteiger partial charge is 0.412 e. The second-order valence-electron chi connectivity index (χ2n) is 5.36. The number of nitrogens with zero attached hydrogens (tertiary/aromatic N) is 2. The lowest BCUT2D eigenvalue weighted by Gasteiger charge is -2.19. The van der Waals surface area contributed by atoms with Gasteiger partial charge in [0, 0.05) is 13.2 Å². The van der Waals surface area contributed by atoms with Crippen LogP contribution in [0.4, 0.5) is 9.80 Å². The van der Waals surface area contributed by atoms with Gasteiger partial charge in [-0.2, -0.15) is 5.10 Å². The number of aryl methyl sites for hydroxylation is 1. The predicted octanol–water partition coefficient (Wildman–Crippen LogP) is 5.83. The molecule has 0 bridgehead atoms. The van der Waals surface area contributed by atoms with E-state index in [2.05, 4.69) is 10.4 Å². The average molecular weight is 378 g/mol. The van der Waals surface area contributed by atoms with Gasteiger partial charge in [0.25, 0.3) is 0 Å². The molecule has 0 fully saturated rings. The Kier molecular flexibility index (Phi) is 6.92. The molecule has 23 heavy (non-hydrogen) atoms. The number of hydrogen-bond donors (Lipinski definition) is 1. The minimum absolute atomic E-state index is 0.374. The lowest BCUT2D eigenvalue weighted by Crippen LogP contribution is -2.27. The molecule has 8 heteroatoms. The second-order valence-corrected chi connectivity index (χ2v) is 7.36. The molecule has 2 aromatic heterocycles. The van der Waals surface area contributed by atoms with Crippen LogP contribution in [0.2, 0.25) is 9.36 Å². The molecule has 0 saturated carbocycles. The quantitative estimate of drug-likeness (QED) is 0.715. The zero-order chi connectivity index (χ0) is 17.8. The van der Waals surface area contributed by atoms with Crippen molar-refractivity contribution < 1.29 is 9.53 Å². The first-order valence-corrected chi connectivity index (χ1v) is 8.72. The fourth-order valence-electron chi connectivity index (χ4n) is 1.69. The van der Waals surface area contributed by atoms with E-state index in [-0.39, 0.29) is 0 Å². The lowest BCUT2D eigenvalue weighted by molar-refractivity contribution is 0.0636. The monoisotopic (exact) mass is 377 g/mol. The number of carbonyl (C=O) groups excluding carboxylic acids is 1. The third kappa shape index (κ3) is 5.12. The molecular weight excluding hydrogens is 357 g/mol. The van der Waals surface area contributed by atoms with E-state index in [1.165, 1.54) is 11.3 Å². The van der Waals surface area contributed by atoms with Crippen molar-refractivity contribution >= 4 is 45.6 Å². The van der Waals surface area contributed by atoms with E-state index in [0.29, 0.717) is 19.9 Å². The molecule has 2 aromatic rings. The summed E-state index contributed by atoms with van der Waals surface area (Å²) in [5, 5.41) is 7.53. The fraction of sp³-hybridized carbons (Fsp3) is 0.467. The first kappa shape index (κ1) is 19.8. The highest BCUT2D eigenvalue weighted by atomic mass is 35.5. The summed E-state index contributed by atoms with van der Waals surface area (Å²) in [5.41, 5.74) is 0.843. The molecule has 0 unspecified atom stereocenters. The van der Waals surface area contributed by atoms with Crippen LogP contribution in [0.5, 0.6) is 0 Å². The van der Waals surface area contributed by atoms with E-state index in [1.807, 2.05) is 13.8 Å². The molecule has 1 amide bonds. The van der Waals surface area contributed by atoms with Crippen LogP contribution >= 0.6 is 34.5 Å². The van der Waals surface area contributed by atoms with E-state index in [9.17, 15) is 4.79 Å². The van der Waals surface area contributed by atoms with Crippen molar-refractivity contribution in [2.45, 2.75) is 40.2 Å². The zero-order valence-corrected chi connectivity index (χ0v) is 16.4. The maximum Gasteiger partial charge on any atom is 0.412 e. The zero-order valence-electron chi connectivity index (χ0n) is 14.0. The molecule has 128 valence electrons. The van der Waals surface area contributed by atoms with Gasteiger partial charge in [0.15, 0.2) is 0 Å². The Morgan fingerprint density at radius 1 is 1.35 bits per heavy atom. The number of ether oxygens (including phenoxy) is 1. The SMILES string of the molecule is CC.Cn1nccc1-c1c(Cl)sc(NC(=O)OC(C)(C)C)c1Cl. The summed E-state index contributed by atoms with van der Waals surface area (Å²) in [6.45, 7) is 9.37. The number of hydrogen-bond acceptors (Lipinski definition) is 4. The molecule has 0 spiro atoms. The summed E-state index contributed by atoms with van der Waals surface area (Å²) in [6.07, 6.45) is 1.08. The molecule has 0 aliphatic rings. The van der Waals surface area contributed by atoms with E-state index in [1.54, 1.807) is 44.8 Å². The second kappa shape index (κ2) is 8.04. The van der Waals surface area contributed by atoms with E-state index >= 15 is 0 Å². The number of nitrogens with one attached hydrogen (secondary N) is 1. The number of aromatic nitrogens is 2. The Labute approximate surface area is 150 Å². The van der Waals surface area contributed by atoms with Crippen molar-refractivity contribution in [3.05, 3.63) is 21.6 Å². The first-order chi connectivity index (χ1) is 10.7. The normalized spacial score (nSPS) is 10.8. The van der Waals surface area contributed by atoms with Gasteiger partial charge in [0.2, 0.25) is 0 Å². The largest absolute Gasteiger partial charge is 0.444 e. The maximum absolute atomic E-state index is 11.8. The molecule has 0 aliphatic carbocycles. The Balaban J connectivity index is 0.00000127. The van der Waals surface area contributed by atoms with Gasteiger partial charge < -0.3 is 4.74 Å². The molecule has 1 N–H and O–H groups in total. The predicted molar refractivity (Wildman–Crippen MR) is 97.7 cm³/mol. The average Bonchev–Trinajstić information content (AvgIpc) is 2.95. The van der Waals surface area contributed by atoms with E-state index in [4.69, 9.17) is 27.9 Å². The van der Waals surface area contributed by atoms with Crippen molar-refractivity contribution in [2.24, 2.45) is 7.05 Å². The number of rotatable bonds is 2. The molecule has 5 nitrogen and oxygen atoms in total. The molecule has 0 saturated heterocycles. The standard InChI is InChI=1S/C13H15Cl2N3O2S.C2H6/c1-13(2,3)20-12(19)17-11-9(14)8(10(15)21-11)7-5-6-16-18(7)4;1-2/h5-6H,1-4H3,(H,17,19);1-2H3. The van der Waals surface area contributed by atoms with Crippen LogP contribution in [0.25, 0.3) is 11.3 Å². The molecule has 0 atom stereocenters. The van der Waals surface area contributed by atoms with Crippen LogP contribution in [0, 0.1) is 0 Å². The van der Waals surface area contributed by atoms with Gasteiger partial charge in [0.05, 0.1) is 16.3 Å². The van der Waals surface area contributed by atoms with Crippen molar-refractivity contribution in [3.8, 4) is 11.3 Å². The number of carbonyl (C=O) groups is 1. The summed E-state index contributed by atoms with van der Waals surface area (Å²) in [7, 11) is 1.79. The van der Waals surface area contributed by atoms with Crippen molar-refractivity contribution in [3.63, 3.8) is 0 Å². The minimum Gasteiger partial charge on any atom is -0.444 e. The third-order valence-corrected chi connectivity index (χ3v) is 4.30. The van der Waals surface area contributed by atoms with Crippen LogP contribution in [-0.2, 0) is 11.8 Å². The number of halogens is 2. The van der Waals surface area contributed by atoms with Crippen molar-refractivity contribution in [1.29, 1.82) is 0 Å². The van der Waals surface area contributed by atoms with Gasteiger partial charge in [-0.25, -0.2) is 4.79 Å². The Morgan fingerprint density at radius 3 is 2.43 bits per heavy atom. The van der Waals surface area contributed by atoms with Crippen LogP contribution in [0.1, 0.15) is 34.6 Å². The summed E-state index contributed by atoms with van der Waals surface area (Å²) in [6, 6.07) is 1.80. The van der Waals surface area contributed by atoms with Crippen LogP contribution in [-0.4, -0.2) is 21.5 Å². The molecular formula is C15H21Cl2N3O2S. The first-order valence-electron chi connectivity index (χ1n) is 7.15. The fourth-order valence-corrected chi connectivity index (χ4v) is 3.39. The summed E-state index contributed by atoms with van der Waals surface area (Å²) in [4.78, 5) is 11.8. The number of anilines is 1. The summed E-state index contributed by atoms with van der Waals surface area (Å²) >= 11 is 13.7. The number of thiophene rings is 1. The van der Waals surface area contributed by atoms with E-state index < -0.39 is 11.7 Å². The summed E-state index contributed by atoms with van der Waals surface area (Å²) in [5.74, 6) is 0. The van der Waals surface area contributed by atoms with E-state index in [0.717, 1.165) is 5.69 Å². The minimum atomic E-state index is -0.581. The molecule has 0 aromatic carbocycles. The topological polar surface area (TPSA) is 56.2 Å². The van der Waals surface area contributed by atoms with Gasteiger partial charge in [-0.1, -0.05) is 37.0 Å². The molecule has 2 heterocycles. The molecule has 0 aliphatic heterocycles. The number of amides is 1. The Morgan fingerprint density at radius 2 is 1.96 bits per heavy atom. The van der Waals surface area contributed by atoms with Gasteiger partial charge in [0.1, 0.15) is 14.9 Å². The van der Waals surface area contributed by atoms with Gasteiger partial charge >= 0.3 is 6.09 Å². The van der Waals surface area contributed by atoms with Crippen molar-refractivity contribution in [1.82, 2.24) is 9.78 Å². The highest BCUT2D eigenvalue weighted by Gasteiger charge is 2.23. The van der Waals surface area contributed by atoms with Crippen LogP contribution in [0.3, 0.4) is 0 Å². The van der Waals surface area contributed by atoms with Crippen LogP contribution in [0.15, 0.2) is 12.3 Å². The maximum atomic E-state index is 11.8. The summed E-state index contributed by atoms with van der Waals surface area (Å²) < 4.78 is 7.34. The lowest BCUT2D eigenvalue weighted by atomic mass is 10.2. The van der Waals surface area contributed by atoms with Gasteiger partial charge in [-0.15, -0.1) is 11.3 Å². The van der Waals surface area contributed by atoms with Gasteiger partial charge in [-0.05, 0) is 26.8 Å². The van der Waals surface area contributed by atoms with Gasteiger partial charge in [-0.3, -0.25) is 10.00 Å².